The van der Waals surface area contributed by atoms with Gasteiger partial charge in [0.05, 0.1) is 0 Å². The average molecular weight is 215 g/mol. The van der Waals surface area contributed by atoms with E-state index >= 15 is 0 Å². The van der Waals surface area contributed by atoms with Gasteiger partial charge in [0.25, 0.3) is 0 Å². The molecule has 0 atom stereocenters. The van der Waals surface area contributed by atoms with Crippen molar-refractivity contribution in [2.24, 2.45) is 0 Å². The zero-order chi connectivity index (χ0) is 8.57. The average Bonchev–Trinajstić information content (AvgIpc) is 1.89. The Morgan fingerprint density at radius 1 is 0.750 bits per heavy atom. The molecule has 0 N–H and O–H groups in total. The van der Waals surface area contributed by atoms with E-state index in [1.807, 2.05) is 38.0 Å². The third-order valence-electron chi connectivity index (χ3n) is 0.730. The van der Waals surface area contributed by atoms with Crippen molar-refractivity contribution in [1.29, 1.82) is 0 Å². The molecule has 0 bridgehead atoms. The maximum absolute atomic E-state index is 3.49. The van der Waals surface area contributed by atoms with Gasteiger partial charge in [-0.25, -0.2) is 0 Å². The molecule has 2 nitrogen and oxygen atoms in total. The molecule has 0 heterocycles. The van der Waals surface area contributed by atoms with E-state index in [4.69, 9.17) is 0 Å². The van der Waals surface area contributed by atoms with E-state index in [2.05, 4.69) is 13.2 Å². The quantitative estimate of drug-likeness (QED) is 0.696. The van der Waals surface area contributed by atoms with E-state index < -0.39 is 0 Å². The fraction of sp³-hybridized carbons (Fsp3) is 0.500. The third-order valence-corrected chi connectivity index (χ3v) is 0.730. The molecule has 0 aromatic heterocycles. The van der Waals surface area contributed by atoms with Gasteiger partial charge in [-0.1, -0.05) is 13.2 Å². The lowest BCUT2D eigenvalue weighted by atomic mass is 10.9. The van der Waals surface area contributed by atoms with E-state index in [0.717, 1.165) is 0 Å². The van der Waals surface area contributed by atoms with Crippen LogP contribution in [0.25, 0.3) is 0 Å². The summed E-state index contributed by atoms with van der Waals surface area (Å²) in [6.07, 6.45) is 3.50. The summed E-state index contributed by atoms with van der Waals surface area (Å²) < 4.78 is 0. The van der Waals surface area contributed by atoms with E-state index in [0.29, 0.717) is 0 Å². The first kappa shape index (κ1) is 22.6. The summed E-state index contributed by atoms with van der Waals surface area (Å²) in [5.74, 6) is 0. The fourth-order valence-electron chi connectivity index (χ4n) is 0. The lowest BCUT2D eigenvalue weighted by molar-refractivity contribution is 0.566. The maximum Gasteiger partial charge on any atom is 0.00554 e. The Hall–Kier alpha value is -0.340. The van der Waals surface area contributed by atoms with Gasteiger partial charge in [0.1, 0.15) is 0 Å². The van der Waals surface area contributed by atoms with Crippen LogP contribution in [0.4, 0.5) is 0 Å². The summed E-state index contributed by atoms with van der Waals surface area (Å²) >= 11 is 0. The Morgan fingerprint density at radius 3 is 0.833 bits per heavy atom. The van der Waals surface area contributed by atoms with Gasteiger partial charge in [0, 0.05) is 28.2 Å². The van der Waals surface area contributed by atoms with Crippen LogP contribution in [-0.4, -0.2) is 38.0 Å². The predicted octanol–water partition coefficient (Wildman–Crippen LogP) is 2.23. The van der Waals surface area contributed by atoms with Crippen LogP contribution in [0.5, 0.6) is 0 Å². The standard InChI is InChI=1S/2C4H9N.2ClH/c2*1-4-5(2)3;;/h2*4H,1H2,2-3H3;2*1H. The summed E-state index contributed by atoms with van der Waals surface area (Å²) in [6, 6.07) is 0. The number of nitrogens with zero attached hydrogens (tertiary/aromatic N) is 2. The topological polar surface area (TPSA) is 6.48 Å². The smallest absolute Gasteiger partial charge is 0.00554 e. The first-order chi connectivity index (χ1) is 4.54. The molecule has 0 spiro atoms. The van der Waals surface area contributed by atoms with Crippen LogP contribution in [0.2, 0.25) is 0 Å². The third kappa shape index (κ3) is 54.1. The van der Waals surface area contributed by atoms with Gasteiger partial charge in [-0.3, -0.25) is 0 Å². The molecule has 12 heavy (non-hydrogen) atoms. The van der Waals surface area contributed by atoms with Crippen LogP contribution in [0.3, 0.4) is 0 Å². The Balaban J connectivity index is -0.0000000457. The SMILES string of the molecule is C=CN(C)C.C=CN(C)C.Cl.Cl. The number of hydrogen-bond acceptors (Lipinski definition) is 2. The second-order valence-corrected chi connectivity index (χ2v) is 2.29. The molecular weight excluding hydrogens is 195 g/mol. The summed E-state index contributed by atoms with van der Waals surface area (Å²) in [5.41, 5.74) is 0. The number of rotatable bonds is 2. The van der Waals surface area contributed by atoms with Gasteiger partial charge in [-0.05, 0) is 12.4 Å². The summed E-state index contributed by atoms with van der Waals surface area (Å²) in [6.45, 7) is 6.97. The summed E-state index contributed by atoms with van der Waals surface area (Å²) in [7, 11) is 7.75. The fourth-order valence-corrected chi connectivity index (χ4v) is 0. The van der Waals surface area contributed by atoms with Gasteiger partial charge in [0.2, 0.25) is 0 Å². The van der Waals surface area contributed by atoms with E-state index in [9.17, 15) is 0 Å². The molecule has 0 aliphatic carbocycles. The number of halogens is 2. The molecule has 0 unspecified atom stereocenters. The highest BCUT2D eigenvalue weighted by molar-refractivity contribution is 5.85. The molecule has 0 rings (SSSR count). The molecule has 0 aliphatic rings. The van der Waals surface area contributed by atoms with E-state index in [-0.39, 0.29) is 24.8 Å². The van der Waals surface area contributed by atoms with Crippen molar-refractivity contribution >= 4 is 24.8 Å². The van der Waals surface area contributed by atoms with E-state index in [1.54, 1.807) is 12.4 Å². The molecule has 0 saturated heterocycles. The molecule has 76 valence electrons. The van der Waals surface area contributed by atoms with Crippen molar-refractivity contribution in [3.05, 3.63) is 25.6 Å². The zero-order valence-corrected chi connectivity index (χ0v) is 9.91. The lowest BCUT2D eigenvalue weighted by Gasteiger charge is -1.98. The molecule has 0 aromatic rings. The maximum atomic E-state index is 3.49. The van der Waals surface area contributed by atoms with Crippen LogP contribution >= 0.6 is 24.8 Å². The Bertz CT molecular complexity index is 81.1. The lowest BCUT2D eigenvalue weighted by Crippen LogP contribution is -1.97. The second-order valence-electron chi connectivity index (χ2n) is 2.29. The van der Waals surface area contributed by atoms with Crippen molar-refractivity contribution in [1.82, 2.24) is 9.80 Å². The molecule has 0 radical (unpaired) electrons. The molecule has 0 saturated carbocycles. The van der Waals surface area contributed by atoms with Gasteiger partial charge >= 0.3 is 0 Å². The minimum absolute atomic E-state index is 0. The van der Waals surface area contributed by atoms with Crippen LogP contribution in [0.1, 0.15) is 0 Å². The number of hydrogen-bond donors (Lipinski definition) is 0. The zero-order valence-electron chi connectivity index (χ0n) is 8.28. The highest BCUT2D eigenvalue weighted by atomic mass is 35.5. The largest absolute Gasteiger partial charge is 0.384 e. The van der Waals surface area contributed by atoms with E-state index in [1.165, 1.54) is 0 Å². The van der Waals surface area contributed by atoms with Crippen LogP contribution in [-0.2, 0) is 0 Å². The Kier molecular flexibility index (Phi) is 31.9. The minimum atomic E-state index is 0. The molecule has 0 amide bonds. The highest BCUT2D eigenvalue weighted by Gasteiger charge is 1.62. The minimum Gasteiger partial charge on any atom is -0.384 e. The van der Waals surface area contributed by atoms with Gasteiger partial charge < -0.3 is 9.80 Å². The molecule has 4 heteroatoms. The van der Waals surface area contributed by atoms with Gasteiger partial charge in [-0.2, -0.15) is 0 Å². The molecule has 0 aromatic carbocycles. The molecular formula is C8H20Cl2N2. The Morgan fingerprint density at radius 2 is 0.833 bits per heavy atom. The van der Waals surface area contributed by atoms with Gasteiger partial charge in [-0.15, -0.1) is 24.8 Å². The normalized spacial score (nSPS) is 5.67. The van der Waals surface area contributed by atoms with Crippen molar-refractivity contribution in [3.63, 3.8) is 0 Å². The molecule has 0 aliphatic heterocycles. The highest BCUT2D eigenvalue weighted by Crippen LogP contribution is 1.65. The van der Waals surface area contributed by atoms with Crippen LogP contribution in [0.15, 0.2) is 25.6 Å². The first-order valence-corrected chi connectivity index (χ1v) is 3.12. The van der Waals surface area contributed by atoms with Crippen molar-refractivity contribution < 1.29 is 0 Å². The van der Waals surface area contributed by atoms with Crippen molar-refractivity contribution in [2.45, 2.75) is 0 Å². The van der Waals surface area contributed by atoms with Crippen molar-refractivity contribution in [3.8, 4) is 0 Å². The van der Waals surface area contributed by atoms with Crippen molar-refractivity contribution in [2.75, 3.05) is 28.2 Å². The summed E-state index contributed by atoms with van der Waals surface area (Å²) in [5, 5.41) is 0. The second kappa shape index (κ2) is 17.0. The first-order valence-electron chi connectivity index (χ1n) is 3.12. The summed E-state index contributed by atoms with van der Waals surface area (Å²) in [4.78, 5) is 3.78. The Labute approximate surface area is 88.7 Å². The van der Waals surface area contributed by atoms with Gasteiger partial charge in [0.15, 0.2) is 0 Å². The monoisotopic (exact) mass is 214 g/mol. The predicted molar refractivity (Wildman–Crippen MR) is 62.3 cm³/mol. The van der Waals surface area contributed by atoms with Crippen LogP contribution in [0, 0.1) is 0 Å². The molecule has 0 fully saturated rings. The van der Waals surface area contributed by atoms with Crippen LogP contribution < -0.4 is 0 Å².